The van der Waals surface area contributed by atoms with Crippen molar-refractivity contribution in [3.8, 4) is 0 Å². The molecule has 0 bridgehead atoms. The van der Waals surface area contributed by atoms with Crippen molar-refractivity contribution < 1.29 is 75.0 Å². The van der Waals surface area contributed by atoms with Gasteiger partial charge in [0.1, 0.15) is 0 Å². The fourth-order valence-electron chi connectivity index (χ4n) is 0. The van der Waals surface area contributed by atoms with E-state index >= 15 is 0 Å². The van der Waals surface area contributed by atoms with Crippen LogP contribution in [0, 0.1) is 0 Å². The Labute approximate surface area is 100 Å². The van der Waals surface area contributed by atoms with Crippen LogP contribution in [-0.2, 0) is 30.8 Å². The molecular formula is CuNaO6P3. The molecule has 0 aliphatic rings. The first kappa shape index (κ1) is 29.3. The third-order valence-electron chi connectivity index (χ3n) is 0. The molecule has 0 saturated carbocycles. The van der Waals surface area contributed by atoms with Gasteiger partial charge in [-0.3, -0.25) is 13.7 Å². The molecule has 63 valence electrons. The molecule has 0 fully saturated rings. The zero-order chi connectivity index (χ0) is 8.12. The maximum atomic E-state index is 8.35. The summed E-state index contributed by atoms with van der Waals surface area (Å²) in [5, 5.41) is 0. The minimum Gasteiger partial charge on any atom is -0.772 e. The number of hydrogen-bond acceptors (Lipinski definition) is 6. The van der Waals surface area contributed by atoms with Crippen LogP contribution in [0.5, 0.6) is 0 Å². The van der Waals surface area contributed by atoms with Crippen LogP contribution in [0.1, 0.15) is 0 Å². The topological polar surface area (TPSA) is 120 Å². The van der Waals surface area contributed by atoms with Crippen molar-refractivity contribution in [1.82, 2.24) is 0 Å². The van der Waals surface area contributed by atoms with Gasteiger partial charge in [0.15, 0.2) is 0 Å². The van der Waals surface area contributed by atoms with Crippen LogP contribution in [0.3, 0.4) is 0 Å². The van der Waals surface area contributed by atoms with Gasteiger partial charge < -0.3 is 14.7 Å². The average Bonchev–Trinajstić information content (AvgIpc) is 1.70. The fourth-order valence-corrected chi connectivity index (χ4v) is 0. The van der Waals surface area contributed by atoms with E-state index in [1.165, 1.54) is 0 Å². The molecule has 0 aliphatic carbocycles. The standard InChI is InChI=1S/Cu.Na.3HO2P/c;;3*1-3-2/h;;3*(H,1,2)/q+2;+1;;;/p-3. The van der Waals surface area contributed by atoms with Gasteiger partial charge in [-0.05, 0) is 0 Å². The summed E-state index contributed by atoms with van der Waals surface area (Å²) < 4.78 is 25.0. The average molecular weight is 275 g/mol. The molecule has 0 saturated heterocycles. The molecule has 0 amide bonds. The molecule has 1 radical (unpaired) electrons. The summed E-state index contributed by atoms with van der Waals surface area (Å²) in [7, 11) is -3.25. The molecule has 0 aromatic carbocycles. The quantitative estimate of drug-likeness (QED) is 0.325. The first-order valence-corrected chi connectivity index (χ1v) is 3.29. The van der Waals surface area contributed by atoms with E-state index in [1.807, 2.05) is 0 Å². The monoisotopic (exact) mass is 275 g/mol. The normalized spacial score (nSPS) is 5.73. The van der Waals surface area contributed by atoms with Crippen LogP contribution >= 0.6 is 26.1 Å². The number of rotatable bonds is 0. The van der Waals surface area contributed by atoms with E-state index in [4.69, 9.17) is 28.4 Å². The Hall–Kier alpha value is 1.70. The van der Waals surface area contributed by atoms with E-state index in [1.54, 1.807) is 0 Å². The Balaban J connectivity index is -0.0000000150. The fraction of sp³-hybridized carbons (Fsp3) is 0. The minimum absolute atomic E-state index is 0. The Morgan fingerprint density at radius 1 is 0.727 bits per heavy atom. The summed E-state index contributed by atoms with van der Waals surface area (Å²) in [6.45, 7) is 0. The van der Waals surface area contributed by atoms with Crippen LogP contribution in [0.25, 0.3) is 0 Å². The molecule has 0 atom stereocenters. The summed E-state index contributed by atoms with van der Waals surface area (Å²) in [4.78, 5) is 25.0. The van der Waals surface area contributed by atoms with Gasteiger partial charge in [-0.2, -0.15) is 0 Å². The van der Waals surface area contributed by atoms with Crippen molar-refractivity contribution in [2.45, 2.75) is 0 Å². The second-order valence-corrected chi connectivity index (χ2v) is 0.671. The van der Waals surface area contributed by atoms with Gasteiger partial charge >= 0.3 is 46.6 Å². The maximum absolute atomic E-state index is 8.35. The Morgan fingerprint density at radius 2 is 0.727 bits per heavy atom. The molecule has 0 aromatic heterocycles. The van der Waals surface area contributed by atoms with Crippen molar-refractivity contribution >= 4 is 26.1 Å². The predicted molar refractivity (Wildman–Crippen MR) is 22.8 cm³/mol. The van der Waals surface area contributed by atoms with Gasteiger partial charge in [0.2, 0.25) is 0 Å². The molecule has 0 aromatic rings. The van der Waals surface area contributed by atoms with Gasteiger partial charge in [-0.15, -0.1) is 0 Å². The maximum Gasteiger partial charge on any atom is 2.00 e. The smallest absolute Gasteiger partial charge is 0.772 e. The van der Waals surface area contributed by atoms with Gasteiger partial charge in [0, 0.05) is 0 Å². The molecule has 11 heavy (non-hydrogen) atoms. The molecule has 0 unspecified atom stereocenters. The summed E-state index contributed by atoms with van der Waals surface area (Å²) >= 11 is 0. The summed E-state index contributed by atoms with van der Waals surface area (Å²) in [5.74, 6) is 0. The zero-order valence-electron chi connectivity index (χ0n) is 5.09. The van der Waals surface area contributed by atoms with Crippen LogP contribution in [0.4, 0.5) is 0 Å². The van der Waals surface area contributed by atoms with Gasteiger partial charge in [-0.25, -0.2) is 0 Å². The van der Waals surface area contributed by atoms with Crippen molar-refractivity contribution in [2.75, 3.05) is 0 Å². The van der Waals surface area contributed by atoms with Gasteiger partial charge in [0.05, 0.1) is 26.1 Å². The Bertz CT molecular complexity index is 54.6. The second-order valence-electron chi connectivity index (χ2n) is 0.224. The minimum atomic E-state index is -1.08. The van der Waals surface area contributed by atoms with Crippen molar-refractivity contribution in [1.29, 1.82) is 0 Å². The number of hydrogen-bond donors (Lipinski definition) is 0. The van der Waals surface area contributed by atoms with Crippen molar-refractivity contribution in [3.63, 3.8) is 0 Å². The first-order valence-electron chi connectivity index (χ1n) is 1.10. The molecule has 0 heterocycles. The van der Waals surface area contributed by atoms with Crippen molar-refractivity contribution in [2.24, 2.45) is 0 Å². The van der Waals surface area contributed by atoms with E-state index < -0.39 is 26.1 Å². The van der Waals surface area contributed by atoms with E-state index in [2.05, 4.69) is 0 Å². The van der Waals surface area contributed by atoms with E-state index in [9.17, 15) is 0 Å². The predicted octanol–water partition coefficient (Wildman–Crippen LogP) is -4.34. The summed E-state index contributed by atoms with van der Waals surface area (Å²) in [6.07, 6.45) is 0. The van der Waals surface area contributed by atoms with Crippen LogP contribution in [-0.4, -0.2) is 0 Å². The molecule has 0 aliphatic heterocycles. The molecule has 11 heteroatoms. The van der Waals surface area contributed by atoms with Crippen LogP contribution in [0.15, 0.2) is 0 Å². The first-order chi connectivity index (χ1) is 4.24. The Morgan fingerprint density at radius 3 is 0.727 bits per heavy atom. The Kier molecular flexibility index (Phi) is 162. The molecule has 0 N–H and O–H groups in total. The SMILES string of the molecule is O=P[O-].O=P[O-].O=P[O-].[Cu+2].[Na+]. The zero-order valence-corrected chi connectivity index (χ0v) is 10.7. The van der Waals surface area contributed by atoms with Crippen LogP contribution < -0.4 is 44.2 Å². The summed E-state index contributed by atoms with van der Waals surface area (Å²) in [6, 6.07) is 0. The third-order valence-corrected chi connectivity index (χ3v) is 0. The molecule has 0 rings (SSSR count). The van der Waals surface area contributed by atoms with Gasteiger partial charge in [0.25, 0.3) is 0 Å². The summed E-state index contributed by atoms with van der Waals surface area (Å²) in [5.41, 5.74) is 0. The molecule has 6 nitrogen and oxygen atoms in total. The largest absolute Gasteiger partial charge is 2.00 e. The van der Waals surface area contributed by atoms with Crippen LogP contribution in [0.2, 0.25) is 0 Å². The van der Waals surface area contributed by atoms with E-state index in [0.29, 0.717) is 0 Å². The van der Waals surface area contributed by atoms with Gasteiger partial charge in [-0.1, -0.05) is 0 Å². The molecule has 0 spiro atoms. The van der Waals surface area contributed by atoms with Crippen molar-refractivity contribution in [3.05, 3.63) is 0 Å². The molecular weight excluding hydrogens is 275 g/mol. The second kappa shape index (κ2) is 60.6. The van der Waals surface area contributed by atoms with E-state index in [-0.39, 0.29) is 46.6 Å². The third kappa shape index (κ3) is 381. The van der Waals surface area contributed by atoms with E-state index in [0.717, 1.165) is 0 Å².